The Morgan fingerprint density at radius 2 is 2.00 bits per heavy atom. The number of rotatable bonds is 3. The highest BCUT2D eigenvalue weighted by atomic mass is 27.2. The van der Waals surface area contributed by atoms with Crippen molar-refractivity contribution in [3.05, 3.63) is 29.8 Å². The molecular formula is C8H11Al2NO. The van der Waals surface area contributed by atoms with Crippen LogP contribution in [0.3, 0.4) is 0 Å². The number of anilines is 1. The van der Waals surface area contributed by atoms with Gasteiger partial charge in [-0.1, -0.05) is 5.79 Å². The lowest BCUT2D eigenvalue weighted by atomic mass is 10.2. The molecule has 0 saturated heterocycles. The highest BCUT2D eigenvalue weighted by Crippen LogP contribution is 2.10. The quantitative estimate of drug-likeness (QED) is 0.504. The van der Waals surface area contributed by atoms with Gasteiger partial charge in [-0.15, -0.1) is 0 Å². The first kappa shape index (κ1) is 9.84. The van der Waals surface area contributed by atoms with Gasteiger partial charge in [-0.25, -0.2) is 0 Å². The fraction of sp³-hybridized carbons (Fsp3) is 0.125. The largest absolute Gasteiger partial charge is 0.567 e. The van der Waals surface area contributed by atoms with Crippen molar-refractivity contribution in [3.8, 4) is 0 Å². The van der Waals surface area contributed by atoms with Crippen LogP contribution < -0.4 is 2.87 Å². The second-order valence-corrected chi connectivity index (χ2v) is 6.65. The molecular weight excluding hydrogens is 180 g/mol. The maximum Gasteiger partial charge on any atom is 0.359 e. The van der Waals surface area contributed by atoms with Crippen LogP contribution in [-0.4, -0.2) is 38.2 Å². The van der Waals surface area contributed by atoms with Crippen LogP contribution in [-0.2, 0) is 0 Å². The van der Waals surface area contributed by atoms with Crippen molar-refractivity contribution in [2.45, 2.75) is 5.79 Å². The number of carbonyl (C=O) groups excluding carboxylic acids is 1. The van der Waals surface area contributed by atoms with E-state index in [1.165, 1.54) is 5.69 Å². The van der Waals surface area contributed by atoms with Crippen molar-refractivity contribution >= 4 is 43.9 Å². The molecule has 0 N–H and O–H groups in total. The number of carbonyl (C=O) groups is 1. The Hall–Kier alpha value is -0.245. The number of aldehydes is 1. The average molecular weight is 191 g/mol. The van der Waals surface area contributed by atoms with Gasteiger partial charge < -0.3 is 2.87 Å². The monoisotopic (exact) mass is 191 g/mol. The molecule has 0 unspecified atom stereocenters. The van der Waals surface area contributed by atoms with E-state index >= 15 is 0 Å². The lowest BCUT2D eigenvalue weighted by Crippen LogP contribution is -2.20. The van der Waals surface area contributed by atoms with Gasteiger partial charge in [-0.2, -0.15) is 0 Å². The summed E-state index contributed by atoms with van der Waals surface area (Å²) in [6.07, 6.45) is 0.880. The van der Waals surface area contributed by atoms with Crippen LogP contribution in [0, 0.1) is 0 Å². The van der Waals surface area contributed by atoms with Crippen molar-refractivity contribution in [2.75, 3.05) is 2.87 Å². The highest BCUT2D eigenvalue weighted by molar-refractivity contribution is 6.53. The van der Waals surface area contributed by atoms with Crippen LogP contribution in [0.2, 0.25) is 5.79 Å². The molecule has 12 heavy (non-hydrogen) atoms. The summed E-state index contributed by atoms with van der Waals surface area (Å²) in [7, 11) is 0. The molecule has 0 heterocycles. The number of benzene rings is 1. The minimum Gasteiger partial charge on any atom is -0.567 e. The lowest BCUT2D eigenvalue weighted by Gasteiger charge is -2.18. The van der Waals surface area contributed by atoms with E-state index in [1.807, 2.05) is 24.3 Å². The van der Waals surface area contributed by atoms with Gasteiger partial charge in [0, 0.05) is 5.56 Å². The van der Waals surface area contributed by atoms with E-state index in [4.69, 9.17) is 0 Å². The molecule has 2 nitrogen and oxygen atoms in total. The second kappa shape index (κ2) is 4.70. The van der Waals surface area contributed by atoms with E-state index in [0.717, 1.165) is 28.4 Å². The normalized spacial score (nSPS) is 9.08. The lowest BCUT2D eigenvalue weighted by molar-refractivity contribution is 0.112. The molecule has 0 radical (unpaired) electrons. The van der Waals surface area contributed by atoms with Crippen molar-refractivity contribution in [3.63, 3.8) is 0 Å². The van der Waals surface area contributed by atoms with E-state index in [9.17, 15) is 4.79 Å². The van der Waals surface area contributed by atoms with Crippen molar-refractivity contribution in [1.82, 2.24) is 0 Å². The Morgan fingerprint density at radius 1 is 1.42 bits per heavy atom. The average Bonchev–Trinajstić information content (AvgIpc) is 2.17. The summed E-state index contributed by atoms with van der Waals surface area (Å²) in [6.45, 7) is 0. The topological polar surface area (TPSA) is 20.3 Å². The summed E-state index contributed by atoms with van der Waals surface area (Å²) >= 11 is 1.01. The fourth-order valence-corrected chi connectivity index (χ4v) is 1.86. The third kappa shape index (κ3) is 2.37. The van der Waals surface area contributed by atoms with Crippen molar-refractivity contribution in [2.24, 2.45) is 0 Å². The van der Waals surface area contributed by atoms with Crippen LogP contribution >= 0.6 is 0 Å². The van der Waals surface area contributed by atoms with Crippen molar-refractivity contribution < 1.29 is 4.79 Å². The standard InChI is InChI=1S/C7H5NO.CH3.2Al.3H/c8-7-3-1-6(5-9)2-4-7;;;;;;/h1-5H;1H3;;;;;. The first-order valence-corrected chi connectivity index (χ1v) is 6.98. The molecule has 0 saturated carbocycles. The third-order valence-electron chi connectivity index (χ3n) is 1.94. The molecule has 0 aliphatic heterocycles. The van der Waals surface area contributed by atoms with E-state index in [1.54, 1.807) is 0 Å². The number of hydrogen-bond acceptors (Lipinski definition) is 2. The number of nitrogens with zero attached hydrogens (tertiary/aromatic N) is 1. The van der Waals surface area contributed by atoms with Crippen LogP contribution in [0.5, 0.6) is 0 Å². The van der Waals surface area contributed by atoms with E-state index in [2.05, 4.69) is 8.65 Å². The molecule has 0 spiro atoms. The van der Waals surface area contributed by atoms with Gasteiger partial charge in [0.15, 0.2) is 0 Å². The Bertz CT molecular complexity index is 260. The fourth-order valence-electron chi connectivity index (χ4n) is 0.990. The van der Waals surface area contributed by atoms with Crippen LogP contribution in [0.4, 0.5) is 5.69 Å². The van der Waals surface area contributed by atoms with Gasteiger partial charge in [0.1, 0.15) is 6.29 Å². The van der Waals surface area contributed by atoms with Gasteiger partial charge in [0.05, 0.1) is 0 Å². The summed E-state index contributed by atoms with van der Waals surface area (Å²) < 4.78 is 2.40. The van der Waals surface area contributed by atoms with Crippen LogP contribution in [0.1, 0.15) is 10.4 Å². The summed E-state index contributed by atoms with van der Waals surface area (Å²) in [6, 6.07) is 7.79. The predicted octanol–water partition coefficient (Wildman–Crippen LogP) is 0.253. The Labute approximate surface area is 87.1 Å². The molecule has 4 heteroatoms. The zero-order valence-corrected chi connectivity index (χ0v) is 10.9. The van der Waals surface area contributed by atoms with Gasteiger partial charge >= 0.3 is 32.0 Å². The van der Waals surface area contributed by atoms with E-state index in [-0.39, 0.29) is 15.4 Å². The molecule has 1 rings (SSSR count). The minimum absolute atomic E-state index is 0.0717. The predicted molar refractivity (Wildman–Crippen MR) is 55.9 cm³/mol. The van der Waals surface area contributed by atoms with Gasteiger partial charge in [-0.3, -0.25) is 4.79 Å². The minimum atomic E-state index is -0.0717. The van der Waals surface area contributed by atoms with Crippen molar-refractivity contribution in [1.29, 1.82) is 0 Å². The molecule has 1 aromatic rings. The molecule has 0 fully saturated rings. The summed E-state index contributed by atoms with van der Waals surface area (Å²) in [5.41, 5.74) is 2.02. The molecule has 0 atom stereocenters. The van der Waals surface area contributed by atoms with Gasteiger partial charge in [0.2, 0.25) is 0 Å². The molecule has 1 aromatic carbocycles. The zero-order chi connectivity index (χ0) is 8.97. The van der Waals surface area contributed by atoms with Gasteiger partial charge in [-0.05, 0) is 30.0 Å². The van der Waals surface area contributed by atoms with Gasteiger partial charge in [0.25, 0.3) is 0 Å². The molecule has 0 amide bonds. The second-order valence-electron chi connectivity index (χ2n) is 2.72. The smallest absolute Gasteiger partial charge is 0.359 e. The first-order chi connectivity index (χ1) is 5.77. The summed E-state index contributed by atoms with van der Waals surface area (Å²) in [5, 5.41) is 0. The highest BCUT2D eigenvalue weighted by Gasteiger charge is 1.97. The molecule has 60 valence electrons. The Balaban J connectivity index is 2.84. The Morgan fingerprint density at radius 3 is 2.42 bits per heavy atom. The maximum atomic E-state index is 10.4. The van der Waals surface area contributed by atoms with E-state index < -0.39 is 0 Å². The van der Waals surface area contributed by atoms with Crippen LogP contribution in [0.15, 0.2) is 24.3 Å². The third-order valence-corrected chi connectivity index (χ3v) is 5.67. The Kier molecular flexibility index (Phi) is 3.85. The molecule has 0 aliphatic rings. The maximum absolute atomic E-state index is 10.4. The molecule has 0 aromatic heterocycles. The zero-order valence-electron chi connectivity index (χ0n) is 7.45. The summed E-state index contributed by atoms with van der Waals surface area (Å²) in [4.78, 5) is 10.4. The van der Waals surface area contributed by atoms with Crippen LogP contribution in [0.25, 0.3) is 0 Å². The molecule has 0 bridgehead atoms. The number of hydrogen-bond donors (Lipinski definition) is 0. The van der Waals surface area contributed by atoms with E-state index in [0.29, 0.717) is 0 Å². The summed E-state index contributed by atoms with van der Waals surface area (Å²) in [5.74, 6) is 2.26. The molecule has 0 aliphatic carbocycles. The first-order valence-electron chi connectivity index (χ1n) is 4.04. The SMILES string of the molecule is [CH3][AlH][N]([AlH2])c1ccc(C=O)cc1.